The van der Waals surface area contributed by atoms with E-state index in [0.29, 0.717) is 35.4 Å². The fraction of sp³-hybridized carbons (Fsp3) is 0.611. The second kappa shape index (κ2) is 14.7. The number of carbonyl (C=O) groups excluding carboxylic acids is 2. The molecule has 2 heterocycles. The number of nitrogens with one attached hydrogen (secondary N) is 2. The molecule has 2 aliphatic heterocycles. The third-order valence-corrected chi connectivity index (χ3v) is 9.70. The van der Waals surface area contributed by atoms with E-state index in [1.54, 1.807) is 5.48 Å². The predicted molar refractivity (Wildman–Crippen MR) is 172 cm³/mol. The Morgan fingerprint density at radius 1 is 0.933 bits per heavy atom. The lowest BCUT2D eigenvalue weighted by molar-refractivity contribution is -0.253. The van der Waals surface area contributed by atoms with Crippen LogP contribution in [0.3, 0.4) is 0 Å². The molecule has 1 aliphatic carbocycles. The number of hydrogen-bond acceptors (Lipinski definition) is 7. The molecule has 3 fully saturated rings. The van der Waals surface area contributed by atoms with E-state index in [9.17, 15) is 14.7 Å². The minimum absolute atomic E-state index is 0.00743. The van der Waals surface area contributed by atoms with Crippen molar-refractivity contribution in [2.45, 2.75) is 116 Å². The van der Waals surface area contributed by atoms with Gasteiger partial charge in [0, 0.05) is 49.6 Å². The summed E-state index contributed by atoms with van der Waals surface area (Å²) in [6.45, 7) is 9.22. The molecule has 45 heavy (non-hydrogen) atoms. The zero-order chi connectivity index (χ0) is 32.0. The Balaban J connectivity index is 1.24. The number of aliphatic hydroxyl groups excluding tert-OH is 1. The number of rotatable bonds is 13. The molecule has 2 bridgehead atoms. The molecule has 0 aromatic heterocycles. The van der Waals surface area contributed by atoms with Crippen LogP contribution in [0.15, 0.2) is 48.5 Å². The molecule has 1 saturated carbocycles. The molecule has 2 unspecified atom stereocenters. The molecule has 2 saturated heterocycles. The van der Waals surface area contributed by atoms with Crippen molar-refractivity contribution >= 4 is 17.5 Å². The van der Waals surface area contributed by atoms with Crippen LogP contribution in [0.1, 0.15) is 114 Å². The van der Waals surface area contributed by atoms with Crippen molar-refractivity contribution in [3.63, 3.8) is 0 Å². The van der Waals surface area contributed by atoms with Gasteiger partial charge in [0.2, 0.25) is 11.8 Å². The molecule has 5 rings (SSSR count). The average Bonchev–Trinajstić information content (AvgIpc) is 3.25. The van der Waals surface area contributed by atoms with Crippen molar-refractivity contribution in [1.82, 2.24) is 10.4 Å². The number of unbranched alkanes of at least 4 members (excludes halogenated alkanes) is 3. The van der Waals surface area contributed by atoms with Crippen LogP contribution in [-0.4, -0.2) is 52.3 Å². The molecule has 5 atom stereocenters. The van der Waals surface area contributed by atoms with Gasteiger partial charge in [-0.3, -0.25) is 19.7 Å². The zero-order valence-electron chi connectivity index (χ0n) is 27.1. The van der Waals surface area contributed by atoms with Crippen molar-refractivity contribution in [3.8, 4) is 0 Å². The van der Waals surface area contributed by atoms with E-state index < -0.39 is 6.29 Å². The number of hydrogen-bond donors (Lipinski definition) is 4. The molecule has 2 amide bonds. The first-order valence-electron chi connectivity index (χ1n) is 16.6. The van der Waals surface area contributed by atoms with Gasteiger partial charge in [0.15, 0.2) is 6.29 Å². The lowest BCUT2D eigenvalue weighted by Gasteiger charge is -2.41. The minimum Gasteiger partial charge on any atom is -0.392 e. The second-order valence-electron chi connectivity index (χ2n) is 14.6. The Labute approximate surface area is 267 Å². The van der Waals surface area contributed by atoms with E-state index >= 15 is 0 Å². The van der Waals surface area contributed by atoms with Crippen molar-refractivity contribution in [2.24, 2.45) is 10.8 Å². The highest BCUT2D eigenvalue weighted by Gasteiger charge is 2.50. The molecular weight excluding hydrogens is 570 g/mol. The van der Waals surface area contributed by atoms with Gasteiger partial charge in [-0.1, -0.05) is 70.0 Å². The van der Waals surface area contributed by atoms with Gasteiger partial charge in [0.25, 0.3) is 0 Å². The summed E-state index contributed by atoms with van der Waals surface area (Å²) in [6, 6.07) is 16.3. The number of benzene rings is 2. The van der Waals surface area contributed by atoms with Gasteiger partial charge in [-0.25, -0.2) is 5.48 Å². The summed E-state index contributed by atoms with van der Waals surface area (Å²) in [5.74, 6) is -0.435. The first-order valence-corrected chi connectivity index (χ1v) is 16.6. The van der Waals surface area contributed by atoms with Crippen LogP contribution in [0.5, 0.6) is 0 Å². The van der Waals surface area contributed by atoms with Crippen molar-refractivity contribution in [3.05, 3.63) is 65.2 Å². The van der Waals surface area contributed by atoms with E-state index in [1.165, 1.54) is 19.3 Å². The fourth-order valence-corrected chi connectivity index (χ4v) is 8.05. The Bertz CT molecular complexity index is 1300. The molecule has 4 N–H and O–H groups in total. The maximum atomic E-state index is 12.7. The number of amides is 2. The molecule has 0 radical (unpaired) electrons. The number of likely N-dealkylation sites (tertiary alicyclic amines) is 1. The molecular formula is C36H51N3O6. The highest BCUT2D eigenvalue weighted by atomic mass is 16.7. The molecule has 2 aromatic carbocycles. The van der Waals surface area contributed by atoms with E-state index in [1.807, 2.05) is 48.5 Å². The summed E-state index contributed by atoms with van der Waals surface area (Å²) >= 11 is 0. The number of nitrogens with zero attached hydrogens (tertiary/aromatic N) is 1. The Hall–Kier alpha value is -2.82. The Kier molecular flexibility index (Phi) is 11.0. The second-order valence-corrected chi connectivity index (χ2v) is 14.6. The first kappa shape index (κ1) is 33.5. The minimum atomic E-state index is -0.576. The summed E-state index contributed by atoms with van der Waals surface area (Å²) in [6.07, 6.45) is 7.48. The van der Waals surface area contributed by atoms with Crippen LogP contribution in [0, 0.1) is 10.8 Å². The van der Waals surface area contributed by atoms with Gasteiger partial charge in [-0.15, -0.1) is 0 Å². The third kappa shape index (κ3) is 9.14. The van der Waals surface area contributed by atoms with Crippen LogP contribution in [0.2, 0.25) is 0 Å². The van der Waals surface area contributed by atoms with Gasteiger partial charge >= 0.3 is 0 Å². The van der Waals surface area contributed by atoms with E-state index in [-0.39, 0.29) is 37.0 Å². The van der Waals surface area contributed by atoms with Crippen molar-refractivity contribution < 1.29 is 29.4 Å². The maximum absolute atomic E-state index is 12.7. The fourth-order valence-electron chi connectivity index (χ4n) is 8.05. The maximum Gasteiger partial charge on any atom is 0.243 e. The van der Waals surface area contributed by atoms with Gasteiger partial charge in [0.1, 0.15) is 0 Å². The number of hydroxylamine groups is 1. The summed E-state index contributed by atoms with van der Waals surface area (Å²) < 4.78 is 13.3. The molecule has 3 aliphatic rings. The number of carbonyl (C=O) groups is 2. The van der Waals surface area contributed by atoms with E-state index in [2.05, 4.69) is 31.0 Å². The topological polar surface area (TPSA) is 120 Å². The summed E-state index contributed by atoms with van der Waals surface area (Å²) in [4.78, 5) is 26.5. The first-order chi connectivity index (χ1) is 21.5. The largest absolute Gasteiger partial charge is 0.392 e. The predicted octanol–water partition coefficient (Wildman–Crippen LogP) is 6.41. The average molecular weight is 622 g/mol. The van der Waals surface area contributed by atoms with Gasteiger partial charge in [-0.2, -0.15) is 0 Å². The monoisotopic (exact) mass is 621 g/mol. The smallest absolute Gasteiger partial charge is 0.243 e. The van der Waals surface area contributed by atoms with Crippen LogP contribution in [0.25, 0.3) is 0 Å². The molecule has 9 nitrogen and oxygen atoms in total. The quantitative estimate of drug-likeness (QED) is 0.116. The normalized spacial score (nSPS) is 27.7. The van der Waals surface area contributed by atoms with Crippen LogP contribution in [0.4, 0.5) is 5.69 Å². The van der Waals surface area contributed by atoms with Gasteiger partial charge in [-0.05, 0) is 66.2 Å². The molecule has 9 heteroatoms. The number of aliphatic hydroxyl groups is 1. The SMILES string of the molecule is CC1(C)CC2CC(C)(CN2C[C@H]2C[C@@H](c3ccc(CO)cc3)O[C@@H](c3cccc(NC(=O)CCCCCCC(=O)NO)c3)O2)C1. The van der Waals surface area contributed by atoms with E-state index in [0.717, 1.165) is 55.5 Å². The highest BCUT2D eigenvalue weighted by molar-refractivity contribution is 5.90. The molecule has 0 spiro atoms. The number of ether oxygens (including phenoxy) is 2. The third-order valence-electron chi connectivity index (χ3n) is 9.70. The van der Waals surface area contributed by atoms with Crippen molar-refractivity contribution in [1.29, 1.82) is 0 Å². The Morgan fingerprint density at radius 3 is 2.38 bits per heavy atom. The summed E-state index contributed by atoms with van der Waals surface area (Å²) in [5.41, 5.74) is 5.86. The molecule has 2 aromatic rings. The van der Waals surface area contributed by atoms with Crippen LogP contribution in [-0.2, 0) is 25.7 Å². The number of fused-ring (bicyclic) bond motifs is 2. The lowest BCUT2D eigenvalue weighted by atomic mass is 9.65. The zero-order valence-corrected chi connectivity index (χ0v) is 27.1. The van der Waals surface area contributed by atoms with Gasteiger partial charge < -0.3 is 19.9 Å². The van der Waals surface area contributed by atoms with E-state index in [4.69, 9.17) is 14.7 Å². The molecule has 246 valence electrons. The Morgan fingerprint density at radius 2 is 1.67 bits per heavy atom. The standard InChI is InChI=1S/C36H51N3O6/c1-35(2)19-29-20-36(3,23-35)24-39(29)21-30-18-31(26-15-13-25(22-40)14-16-26)45-34(44-30)27-9-8-10-28(17-27)37-32(41)11-6-4-5-7-12-33(42)38-43/h8-10,13-17,29-31,34,40,43H,4-7,11-12,18-24H2,1-3H3,(H,37,41)(H,38,42)/t29?,30-,31+,34+,36?/m1/s1. The van der Waals surface area contributed by atoms with Crippen LogP contribution < -0.4 is 10.8 Å². The summed E-state index contributed by atoms with van der Waals surface area (Å²) in [7, 11) is 0. The lowest BCUT2D eigenvalue weighted by Crippen LogP contribution is -2.42. The van der Waals surface area contributed by atoms with Crippen LogP contribution >= 0.6 is 0 Å². The number of anilines is 1. The summed E-state index contributed by atoms with van der Waals surface area (Å²) in [5, 5.41) is 21.2. The highest BCUT2D eigenvalue weighted by Crippen LogP contribution is 2.53. The van der Waals surface area contributed by atoms with Crippen molar-refractivity contribution in [2.75, 3.05) is 18.4 Å². The van der Waals surface area contributed by atoms with Gasteiger partial charge in [0.05, 0.1) is 18.8 Å².